The Hall–Kier alpha value is -1.32. The van der Waals surface area contributed by atoms with Crippen molar-refractivity contribution in [1.29, 1.82) is 0 Å². The highest BCUT2D eigenvalue weighted by Gasteiger charge is 2.34. The first-order valence-electron chi connectivity index (χ1n) is 5.08. The molecule has 0 unspecified atom stereocenters. The normalized spacial score (nSPS) is 21.1. The van der Waals surface area contributed by atoms with Crippen LogP contribution in [-0.4, -0.2) is 20.6 Å². The second-order valence-corrected chi connectivity index (χ2v) is 4.20. The summed E-state index contributed by atoms with van der Waals surface area (Å²) in [5.74, 6) is 0.625. The van der Waals surface area contributed by atoms with Crippen LogP contribution in [0.15, 0.2) is 6.20 Å². The van der Waals surface area contributed by atoms with E-state index in [4.69, 9.17) is 5.11 Å². The molecule has 0 aliphatic heterocycles. The third-order valence-electron chi connectivity index (χ3n) is 2.86. The van der Waals surface area contributed by atoms with Gasteiger partial charge in [-0.1, -0.05) is 0 Å². The molecule has 1 heterocycles. The van der Waals surface area contributed by atoms with Crippen molar-refractivity contribution < 1.29 is 9.90 Å². The third-order valence-corrected chi connectivity index (χ3v) is 2.86. The first kappa shape index (κ1) is 8.03. The van der Waals surface area contributed by atoms with Crippen LogP contribution in [0.4, 0.5) is 0 Å². The molecule has 2 aliphatic carbocycles. The smallest absolute Gasteiger partial charge is 0.356 e. The van der Waals surface area contributed by atoms with Gasteiger partial charge in [-0.3, -0.25) is 0 Å². The topological polar surface area (TPSA) is 55.1 Å². The summed E-state index contributed by atoms with van der Waals surface area (Å²) in [7, 11) is 0. The lowest BCUT2D eigenvalue weighted by Crippen LogP contribution is -1.98. The van der Waals surface area contributed by atoms with Gasteiger partial charge in [0.15, 0.2) is 5.69 Å². The Morgan fingerprint density at radius 2 is 2.14 bits per heavy atom. The Bertz CT molecular complexity index is 359. The molecule has 1 N–H and O–H groups in total. The number of rotatable bonds is 3. The quantitative estimate of drug-likeness (QED) is 0.794. The average Bonchev–Trinajstić information content (AvgIpc) is 3.03. The molecule has 1 aromatic heterocycles. The maximum absolute atomic E-state index is 10.8. The van der Waals surface area contributed by atoms with Gasteiger partial charge in [0, 0.05) is 18.2 Å². The molecule has 4 nitrogen and oxygen atoms in total. The van der Waals surface area contributed by atoms with E-state index >= 15 is 0 Å². The molecule has 3 rings (SSSR count). The summed E-state index contributed by atoms with van der Waals surface area (Å²) in [6.45, 7) is 0. The van der Waals surface area contributed by atoms with Crippen molar-refractivity contribution in [3.05, 3.63) is 17.7 Å². The van der Waals surface area contributed by atoms with Crippen LogP contribution >= 0.6 is 0 Å². The summed E-state index contributed by atoms with van der Waals surface area (Å²) < 4.78 is 2.08. The number of carboxylic acids is 1. The zero-order valence-corrected chi connectivity index (χ0v) is 7.81. The highest BCUT2D eigenvalue weighted by atomic mass is 16.4. The summed E-state index contributed by atoms with van der Waals surface area (Å²) in [6, 6.07) is 0.534. The van der Waals surface area contributed by atoms with E-state index < -0.39 is 5.97 Å². The Labute approximate surface area is 81.6 Å². The molecule has 0 atom stereocenters. The fourth-order valence-electron chi connectivity index (χ4n) is 1.80. The zero-order chi connectivity index (χ0) is 9.71. The van der Waals surface area contributed by atoms with Gasteiger partial charge in [0.05, 0.1) is 0 Å². The van der Waals surface area contributed by atoms with Crippen molar-refractivity contribution in [3.8, 4) is 0 Å². The van der Waals surface area contributed by atoms with Gasteiger partial charge in [-0.2, -0.15) is 0 Å². The summed E-state index contributed by atoms with van der Waals surface area (Å²) >= 11 is 0. The number of aromatic nitrogens is 2. The fourth-order valence-corrected chi connectivity index (χ4v) is 1.80. The molecule has 0 spiro atoms. The Balaban J connectivity index is 2.01. The molecule has 0 amide bonds. The van der Waals surface area contributed by atoms with E-state index in [0.29, 0.717) is 12.0 Å². The molecule has 0 radical (unpaired) electrons. The number of nitrogens with zero attached hydrogens (tertiary/aromatic N) is 2. The van der Waals surface area contributed by atoms with Crippen molar-refractivity contribution in [2.75, 3.05) is 0 Å². The van der Waals surface area contributed by atoms with Crippen LogP contribution in [0, 0.1) is 0 Å². The van der Waals surface area contributed by atoms with E-state index in [1.165, 1.54) is 25.7 Å². The molecule has 1 aromatic rings. The minimum Gasteiger partial charge on any atom is -0.476 e. The molecule has 14 heavy (non-hydrogen) atoms. The van der Waals surface area contributed by atoms with E-state index in [1.807, 2.05) is 0 Å². The minimum absolute atomic E-state index is 0.207. The summed E-state index contributed by atoms with van der Waals surface area (Å²) in [5, 5.41) is 8.85. The summed E-state index contributed by atoms with van der Waals surface area (Å²) in [6.07, 6.45) is 6.39. The lowest BCUT2D eigenvalue weighted by molar-refractivity contribution is 0.0691. The lowest BCUT2D eigenvalue weighted by Gasteiger charge is -2.02. The first-order chi connectivity index (χ1) is 6.75. The minimum atomic E-state index is -0.911. The van der Waals surface area contributed by atoms with Crippen LogP contribution in [-0.2, 0) is 0 Å². The SMILES string of the molecule is O=C(O)c1cn(C2CC2)c(C2CC2)n1. The predicted octanol–water partition coefficient (Wildman–Crippen LogP) is 1.79. The first-order valence-corrected chi connectivity index (χ1v) is 5.08. The van der Waals surface area contributed by atoms with Crippen LogP contribution in [0.2, 0.25) is 0 Å². The lowest BCUT2D eigenvalue weighted by atomic mass is 10.4. The molecule has 0 aromatic carbocycles. The molecule has 74 valence electrons. The van der Waals surface area contributed by atoms with E-state index in [9.17, 15) is 4.79 Å². The number of hydrogen-bond acceptors (Lipinski definition) is 2. The monoisotopic (exact) mass is 192 g/mol. The average molecular weight is 192 g/mol. The predicted molar refractivity (Wildman–Crippen MR) is 49.4 cm³/mol. The second kappa shape index (κ2) is 2.59. The van der Waals surface area contributed by atoms with Gasteiger partial charge < -0.3 is 9.67 Å². The number of aromatic carboxylic acids is 1. The Morgan fingerprint density at radius 3 is 2.64 bits per heavy atom. The number of imidazole rings is 1. The molecule has 2 aliphatic rings. The van der Waals surface area contributed by atoms with Gasteiger partial charge in [0.1, 0.15) is 5.82 Å². The number of carbonyl (C=O) groups is 1. The molecular weight excluding hydrogens is 180 g/mol. The van der Waals surface area contributed by atoms with Gasteiger partial charge in [0.25, 0.3) is 0 Å². The maximum atomic E-state index is 10.8. The van der Waals surface area contributed by atoms with Crippen molar-refractivity contribution >= 4 is 5.97 Å². The van der Waals surface area contributed by atoms with E-state index in [2.05, 4.69) is 9.55 Å². The van der Waals surface area contributed by atoms with Crippen LogP contribution in [0.1, 0.15) is 54.0 Å². The standard InChI is InChI=1S/C10H12N2O2/c13-10(14)8-5-12(7-3-4-7)9(11-8)6-1-2-6/h5-7H,1-4H2,(H,13,14). The summed E-state index contributed by atoms with van der Waals surface area (Å²) in [4.78, 5) is 15.0. The van der Waals surface area contributed by atoms with Gasteiger partial charge in [0.2, 0.25) is 0 Å². The van der Waals surface area contributed by atoms with Crippen molar-refractivity contribution in [2.45, 2.75) is 37.6 Å². The van der Waals surface area contributed by atoms with Crippen LogP contribution in [0.5, 0.6) is 0 Å². The van der Waals surface area contributed by atoms with Gasteiger partial charge >= 0.3 is 5.97 Å². The zero-order valence-electron chi connectivity index (χ0n) is 7.81. The largest absolute Gasteiger partial charge is 0.476 e. The van der Waals surface area contributed by atoms with Crippen molar-refractivity contribution in [1.82, 2.24) is 9.55 Å². The van der Waals surface area contributed by atoms with Crippen LogP contribution < -0.4 is 0 Å². The number of carboxylic acid groups (broad SMARTS) is 1. The van der Waals surface area contributed by atoms with Crippen molar-refractivity contribution in [2.24, 2.45) is 0 Å². The van der Waals surface area contributed by atoms with Crippen LogP contribution in [0.25, 0.3) is 0 Å². The van der Waals surface area contributed by atoms with E-state index in [-0.39, 0.29) is 5.69 Å². The molecule has 4 heteroatoms. The summed E-state index contributed by atoms with van der Waals surface area (Å²) in [5.41, 5.74) is 0.207. The van der Waals surface area contributed by atoms with Gasteiger partial charge in [-0.25, -0.2) is 9.78 Å². The third kappa shape index (κ3) is 1.22. The number of hydrogen-bond donors (Lipinski definition) is 1. The van der Waals surface area contributed by atoms with Gasteiger partial charge in [-0.15, -0.1) is 0 Å². The van der Waals surface area contributed by atoms with Crippen LogP contribution in [0.3, 0.4) is 0 Å². The molecule has 2 saturated carbocycles. The fraction of sp³-hybridized carbons (Fsp3) is 0.600. The molecule has 0 saturated heterocycles. The highest BCUT2D eigenvalue weighted by molar-refractivity contribution is 5.85. The molecule has 0 bridgehead atoms. The van der Waals surface area contributed by atoms with Crippen molar-refractivity contribution in [3.63, 3.8) is 0 Å². The van der Waals surface area contributed by atoms with Gasteiger partial charge in [-0.05, 0) is 25.7 Å². The van der Waals surface area contributed by atoms with E-state index in [1.54, 1.807) is 6.20 Å². The Morgan fingerprint density at radius 1 is 1.43 bits per heavy atom. The molecule has 2 fully saturated rings. The Kier molecular flexibility index (Phi) is 1.48. The highest BCUT2D eigenvalue weighted by Crippen LogP contribution is 2.44. The maximum Gasteiger partial charge on any atom is 0.356 e. The van der Waals surface area contributed by atoms with E-state index in [0.717, 1.165) is 5.82 Å². The second-order valence-electron chi connectivity index (χ2n) is 4.20. The molecular formula is C10H12N2O2.